The lowest BCUT2D eigenvalue weighted by molar-refractivity contribution is 0.581. The van der Waals surface area contributed by atoms with Crippen molar-refractivity contribution in [3.8, 4) is 0 Å². The first-order chi connectivity index (χ1) is 10.1. The molecule has 0 unspecified atom stereocenters. The van der Waals surface area contributed by atoms with Gasteiger partial charge in [-0.15, -0.1) is 0 Å². The van der Waals surface area contributed by atoms with Gasteiger partial charge < -0.3 is 10.3 Å². The summed E-state index contributed by atoms with van der Waals surface area (Å²) in [6.45, 7) is 2.99. The van der Waals surface area contributed by atoms with Crippen molar-refractivity contribution in [2.75, 3.05) is 18.4 Å². The number of rotatable bonds is 8. The number of hydrogen-bond donors (Lipinski definition) is 3. The second-order valence-corrected chi connectivity index (χ2v) is 6.38. The van der Waals surface area contributed by atoms with Crippen molar-refractivity contribution in [2.24, 2.45) is 0 Å². The fourth-order valence-corrected chi connectivity index (χ4v) is 3.23. The van der Waals surface area contributed by atoms with Crippen LogP contribution in [0.3, 0.4) is 0 Å². The van der Waals surface area contributed by atoms with E-state index in [1.54, 1.807) is 30.7 Å². The average Bonchev–Trinajstić information content (AvgIpc) is 2.99. The van der Waals surface area contributed by atoms with Gasteiger partial charge in [0.05, 0.1) is 12.0 Å². The highest BCUT2D eigenvalue weighted by Crippen LogP contribution is 2.20. The Labute approximate surface area is 125 Å². The molecule has 0 atom stereocenters. The van der Waals surface area contributed by atoms with Crippen molar-refractivity contribution in [3.05, 3.63) is 42.5 Å². The van der Waals surface area contributed by atoms with Crippen LogP contribution >= 0.6 is 0 Å². The molecular weight excluding hydrogens is 288 g/mol. The Hall–Kier alpha value is -1.86. The third-order valence-electron chi connectivity index (χ3n) is 2.98. The Balaban J connectivity index is 2.06. The van der Waals surface area contributed by atoms with E-state index in [0.29, 0.717) is 18.8 Å². The molecule has 6 nitrogen and oxygen atoms in total. The lowest BCUT2D eigenvalue weighted by Gasteiger charge is -2.12. The normalized spacial score (nSPS) is 11.5. The van der Waals surface area contributed by atoms with Gasteiger partial charge >= 0.3 is 0 Å². The topological polar surface area (TPSA) is 86.9 Å². The molecule has 0 bridgehead atoms. The van der Waals surface area contributed by atoms with E-state index in [1.807, 2.05) is 13.0 Å². The maximum atomic E-state index is 12.2. The molecule has 0 spiro atoms. The van der Waals surface area contributed by atoms with E-state index in [0.717, 1.165) is 18.5 Å². The molecule has 2 rings (SSSR count). The molecule has 3 N–H and O–H groups in total. The first kappa shape index (κ1) is 15.5. The Morgan fingerprint density at radius 1 is 1.24 bits per heavy atom. The molecular formula is C14H20N4O2S. The van der Waals surface area contributed by atoms with Gasteiger partial charge in [0, 0.05) is 31.4 Å². The Morgan fingerprint density at radius 2 is 2.05 bits per heavy atom. The molecule has 1 heterocycles. The second-order valence-electron chi connectivity index (χ2n) is 4.65. The standard InChI is InChI=1S/C14H20N4O2S/c1-2-8-18-21(19,20)14-6-4-3-5-13(14)16-9-7-12-10-15-11-17-12/h3-6,10-11,16,18H,2,7-9H2,1H3,(H,15,17). The Morgan fingerprint density at radius 3 is 2.76 bits per heavy atom. The Kier molecular flexibility index (Phi) is 5.35. The molecule has 114 valence electrons. The molecule has 0 saturated heterocycles. The van der Waals surface area contributed by atoms with Crippen molar-refractivity contribution >= 4 is 15.7 Å². The number of imidazole rings is 1. The van der Waals surface area contributed by atoms with E-state index >= 15 is 0 Å². The van der Waals surface area contributed by atoms with Crippen LogP contribution in [0.1, 0.15) is 19.0 Å². The summed E-state index contributed by atoms with van der Waals surface area (Å²) in [7, 11) is -3.47. The zero-order valence-electron chi connectivity index (χ0n) is 12.0. The molecule has 0 aliphatic heterocycles. The van der Waals surface area contributed by atoms with Crippen LogP contribution in [0.2, 0.25) is 0 Å². The Bertz CT molecular complexity index is 653. The summed E-state index contributed by atoms with van der Waals surface area (Å²) in [6.07, 6.45) is 4.89. The van der Waals surface area contributed by atoms with Gasteiger partial charge in [0.25, 0.3) is 0 Å². The second kappa shape index (κ2) is 7.24. The summed E-state index contributed by atoms with van der Waals surface area (Å²) in [5.41, 5.74) is 1.62. The van der Waals surface area contributed by atoms with Crippen LogP contribution in [0.25, 0.3) is 0 Å². The zero-order valence-corrected chi connectivity index (χ0v) is 12.8. The number of para-hydroxylation sites is 1. The molecule has 7 heteroatoms. The number of benzene rings is 1. The van der Waals surface area contributed by atoms with Crippen LogP contribution in [0.4, 0.5) is 5.69 Å². The number of aromatic nitrogens is 2. The number of nitrogens with zero attached hydrogens (tertiary/aromatic N) is 1. The van der Waals surface area contributed by atoms with E-state index in [-0.39, 0.29) is 4.90 Å². The van der Waals surface area contributed by atoms with E-state index in [9.17, 15) is 8.42 Å². The van der Waals surface area contributed by atoms with Crippen LogP contribution in [0.15, 0.2) is 41.7 Å². The van der Waals surface area contributed by atoms with E-state index in [1.165, 1.54) is 0 Å². The molecule has 2 aromatic rings. The minimum absolute atomic E-state index is 0.281. The summed E-state index contributed by atoms with van der Waals surface area (Å²) < 4.78 is 27.1. The first-order valence-electron chi connectivity index (χ1n) is 6.93. The van der Waals surface area contributed by atoms with E-state index < -0.39 is 10.0 Å². The van der Waals surface area contributed by atoms with Crippen molar-refractivity contribution in [1.29, 1.82) is 0 Å². The number of nitrogens with one attached hydrogen (secondary N) is 3. The zero-order chi connectivity index (χ0) is 15.1. The number of H-pyrrole nitrogens is 1. The third-order valence-corrected chi connectivity index (χ3v) is 4.50. The monoisotopic (exact) mass is 308 g/mol. The number of hydrogen-bond acceptors (Lipinski definition) is 4. The predicted octanol–water partition coefficient (Wildman–Crippen LogP) is 1.75. The van der Waals surface area contributed by atoms with Crippen molar-refractivity contribution in [2.45, 2.75) is 24.7 Å². The SMILES string of the molecule is CCCNS(=O)(=O)c1ccccc1NCCc1cnc[nH]1. The molecule has 0 amide bonds. The highest BCUT2D eigenvalue weighted by molar-refractivity contribution is 7.89. The molecule has 0 aliphatic carbocycles. The van der Waals surface area contributed by atoms with Crippen LogP contribution in [-0.4, -0.2) is 31.5 Å². The van der Waals surface area contributed by atoms with Crippen molar-refractivity contribution in [1.82, 2.24) is 14.7 Å². The molecule has 1 aromatic carbocycles. The molecule has 0 radical (unpaired) electrons. The van der Waals surface area contributed by atoms with Gasteiger partial charge in [-0.2, -0.15) is 0 Å². The van der Waals surface area contributed by atoms with Crippen LogP contribution < -0.4 is 10.0 Å². The summed E-state index contributed by atoms with van der Waals surface area (Å²) in [5.74, 6) is 0. The van der Waals surface area contributed by atoms with Gasteiger partial charge in [-0.05, 0) is 18.6 Å². The summed E-state index contributed by atoms with van der Waals surface area (Å²) in [6, 6.07) is 6.92. The largest absolute Gasteiger partial charge is 0.384 e. The lowest BCUT2D eigenvalue weighted by Crippen LogP contribution is -2.25. The quantitative estimate of drug-likeness (QED) is 0.693. The maximum Gasteiger partial charge on any atom is 0.242 e. The minimum Gasteiger partial charge on any atom is -0.384 e. The molecule has 21 heavy (non-hydrogen) atoms. The van der Waals surface area contributed by atoms with Crippen molar-refractivity contribution < 1.29 is 8.42 Å². The van der Waals surface area contributed by atoms with Crippen molar-refractivity contribution in [3.63, 3.8) is 0 Å². The van der Waals surface area contributed by atoms with Crippen LogP contribution in [0, 0.1) is 0 Å². The van der Waals surface area contributed by atoms with Gasteiger partial charge in [0.15, 0.2) is 0 Å². The predicted molar refractivity (Wildman–Crippen MR) is 82.7 cm³/mol. The highest BCUT2D eigenvalue weighted by Gasteiger charge is 2.17. The van der Waals surface area contributed by atoms with E-state index in [4.69, 9.17) is 0 Å². The summed E-state index contributed by atoms with van der Waals surface area (Å²) >= 11 is 0. The maximum absolute atomic E-state index is 12.2. The van der Waals surface area contributed by atoms with Gasteiger partial charge in [0.1, 0.15) is 4.90 Å². The summed E-state index contributed by atoms with van der Waals surface area (Å²) in [4.78, 5) is 7.24. The molecule has 0 saturated carbocycles. The van der Waals surface area contributed by atoms with Gasteiger partial charge in [-0.25, -0.2) is 18.1 Å². The third kappa shape index (κ3) is 4.30. The number of anilines is 1. The number of aromatic amines is 1. The average molecular weight is 308 g/mol. The fourth-order valence-electron chi connectivity index (χ4n) is 1.91. The smallest absolute Gasteiger partial charge is 0.242 e. The van der Waals surface area contributed by atoms with Gasteiger partial charge in [-0.1, -0.05) is 19.1 Å². The first-order valence-corrected chi connectivity index (χ1v) is 8.41. The van der Waals surface area contributed by atoms with Gasteiger partial charge in [-0.3, -0.25) is 0 Å². The fraction of sp³-hybridized carbons (Fsp3) is 0.357. The molecule has 0 aliphatic rings. The lowest BCUT2D eigenvalue weighted by atomic mass is 10.3. The number of sulfonamides is 1. The van der Waals surface area contributed by atoms with Crippen LogP contribution in [-0.2, 0) is 16.4 Å². The van der Waals surface area contributed by atoms with E-state index in [2.05, 4.69) is 20.0 Å². The summed E-state index contributed by atoms with van der Waals surface area (Å²) in [5, 5.41) is 3.17. The molecule has 1 aromatic heterocycles. The van der Waals surface area contributed by atoms with Gasteiger partial charge in [0.2, 0.25) is 10.0 Å². The highest BCUT2D eigenvalue weighted by atomic mass is 32.2. The molecule has 0 fully saturated rings. The minimum atomic E-state index is -3.47. The van der Waals surface area contributed by atoms with Crippen LogP contribution in [0.5, 0.6) is 0 Å².